The van der Waals surface area contributed by atoms with Crippen LogP contribution < -0.4 is 10.1 Å². The number of hydrogen-bond donors (Lipinski definition) is 1. The third-order valence-electron chi connectivity index (χ3n) is 4.64. The van der Waals surface area contributed by atoms with Crippen LogP contribution in [-0.2, 0) is 13.3 Å². The van der Waals surface area contributed by atoms with Crippen molar-refractivity contribution in [3.8, 4) is 5.75 Å². The summed E-state index contributed by atoms with van der Waals surface area (Å²) in [6.07, 6.45) is 5.15. The van der Waals surface area contributed by atoms with Crippen molar-refractivity contribution in [1.29, 1.82) is 0 Å². The van der Waals surface area contributed by atoms with Gasteiger partial charge in [0, 0.05) is 12.4 Å². The average molecular weight is 401 g/mol. The third-order valence-corrected chi connectivity index (χ3v) is 4.64. The molecule has 1 amide bonds. The van der Waals surface area contributed by atoms with Crippen LogP contribution in [0.15, 0.2) is 73.2 Å². The summed E-state index contributed by atoms with van der Waals surface area (Å²) in [4.78, 5) is 12.5. The maximum atomic E-state index is 12.5. The van der Waals surface area contributed by atoms with Crippen molar-refractivity contribution in [3.05, 3.63) is 95.6 Å². The van der Waals surface area contributed by atoms with E-state index in [1.165, 1.54) is 5.56 Å². The van der Waals surface area contributed by atoms with E-state index in [4.69, 9.17) is 4.74 Å². The second-order valence-electron chi connectivity index (χ2n) is 7.15. The molecular weight excluding hydrogens is 378 g/mol. The fourth-order valence-corrected chi connectivity index (χ4v) is 3.12. The molecule has 0 aliphatic rings. The molecule has 0 atom stereocenters. The van der Waals surface area contributed by atoms with Gasteiger partial charge in [0.2, 0.25) is 0 Å². The lowest BCUT2D eigenvalue weighted by Gasteiger charge is -2.08. The van der Waals surface area contributed by atoms with Gasteiger partial charge in [0.05, 0.1) is 18.4 Å². The first-order valence-corrected chi connectivity index (χ1v) is 9.68. The molecule has 2 aromatic carbocycles. The Morgan fingerprint density at radius 3 is 2.77 bits per heavy atom. The fraction of sp³-hybridized carbons (Fsp3) is 0.174. The molecule has 30 heavy (non-hydrogen) atoms. The van der Waals surface area contributed by atoms with Crippen molar-refractivity contribution in [3.63, 3.8) is 0 Å². The van der Waals surface area contributed by atoms with Gasteiger partial charge in [-0.1, -0.05) is 48.0 Å². The van der Waals surface area contributed by atoms with Gasteiger partial charge in [0.1, 0.15) is 5.75 Å². The smallest absolute Gasteiger partial charge is 0.276 e. The summed E-state index contributed by atoms with van der Waals surface area (Å²) in [7, 11) is 0. The molecule has 0 radical (unpaired) electrons. The van der Waals surface area contributed by atoms with E-state index in [1.807, 2.05) is 37.3 Å². The van der Waals surface area contributed by atoms with Crippen LogP contribution in [0, 0.1) is 13.8 Å². The zero-order chi connectivity index (χ0) is 20.9. The van der Waals surface area contributed by atoms with Crippen molar-refractivity contribution >= 4 is 11.6 Å². The molecule has 7 heteroatoms. The number of aromatic nitrogens is 4. The Bertz CT molecular complexity index is 1160. The van der Waals surface area contributed by atoms with Gasteiger partial charge in [-0.25, -0.2) is 4.68 Å². The predicted octanol–water partition coefficient (Wildman–Crippen LogP) is 4.03. The highest BCUT2D eigenvalue weighted by molar-refractivity contribution is 6.02. The number of para-hydroxylation sites is 1. The van der Waals surface area contributed by atoms with Gasteiger partial charge in [-0.3, -0.25) is 9.48 Å². The molecule has 2 heterocycles. The molecule has 7 nitrogen and oxygen atoms in total. The Kier molecular flexibility index (Phi) is 5.61. The highest BCUT2D eigenvalue weighted by Crippen LogP contribution is 2.16. The van der Waals surface area contributed by atoms with E-state index in [1.54, 1.807) is 34.0 Å². The van der Waals surface area contributed by atoms with Gasteiger partial charge < -0.3 is 10.1 Å². The molecule has 0 aliphatic carbocycles. The summed E-state index contributed by atoms with van der Waals surface area (Å²) in [6.45, 7) is 4.91. The molecule has 0 unspecified atom stereocenters. The number of ether oxygens (including phenoxy) is 1. The third kappa shape index (κ3) is 4.75. The Balaban J connectivity index is 1.34. The number of aryl methyl sites for hydroxylation is 2. The molecule has 1 N–H and O–H groups in total. The summed E-state index contributed by atoms with van der Waals surface area (Å²) in [5, 5.41) is 11.4. The highest BCUT2D eigenvalue weighted by Gasteiger charge is 2.11. The molecule has 0 bridgehead atoms. The van der Waals surface area contributed by atoms with Crippen LogP contribution in [0.3, 0.4) is 0 Å². The maximum absolute atomic E-state index is 12.5. The second kappa shape index (κ2) is 8.65. The SMILES string of the molecule is Cc1cccc(Cn2cc(NC(=O)c3ccn(COc4ccccc4C)n3)cn2)c1. The quantitative estimate of drug-likeness (QED) is 0.507. The van der Waals surface area contributed by atoms with E-state index in [0.29, 0.717) is 17.9 Å². The number of carbonyl (C=O) groups is 1. The van der Waals surface area contributed by atoms with Gasteiger partial charge in [0.15, 0.2) is 12.4 Å². The Labute approximate surface area is 174 Å². The number of rotatable bonds is 7. The maximum Gasteiger partial charge on any atom is 0.276 e. The Morgan fingerprint density at radius 2 is 1.93 bits per heavy atom. The lowest BCUT2D eigenvalue weighted by molar-refractivity contribution is 0.102. The van der Waals surface area contributed by atoms with Gasteiger partial charge in [0.25, 0.3) is 5.91 Å². The van der Waals surface area contributed by atoms with Gasteiger partial charge in [-0.15, -0.1) is 0 Å². The van der Waals surface area contributed by atoms with Crippen LogP contribution in [0.5, 0.6) is 5.75 Å². The van der Waals surface area contributed by atoms with E-state index in [9.17, 15) is 4.79 Å². The first-order valence-electron chi connectivity index (χ1n) is 9.68. The number of hydrogen-bond acceptors (Lipinski definition) is 4. The average Bonchev–Trinajstić information content (AvgIpc) is 3.37. The lowest BCUT2D eigenvalue weighted by Crippen LogP contribution is -2.14. The fourth-order valence-electron chi connectivity index (χ4n) is 3.12. The first-order chi connectivity index (χ1) is 14.6. The van der Waals surface area contributed by atoms with Crippen molar-refractivity contribution in [2.24, 2.45) is 0 Å². The minimum absolute atomic E-state index is 0.229. The summed E-state index contributed by atoms with van der Waals surface area (Å²) in [5.74, 6) is 0.500. The Morgan fingerprint density at radius 1 is 1.07 bits per heavy atom. The molecule has 152 valence electrons. The van der Waals surface area contributed by atoms with Crippen molar-refractivity contribution in [2.45, 2.75) is 27.1 Å². The summed E-state index contributed by atoms with van der Waals surface area (Å²) < 4.78 is 9.13. The van der Waals surface area contributed by atoms with Crippen molar-refractivity contribution < 1.29 is 9.53 Å². The largest absolute Gasteiger partial charge is 0.471 e. The highest BCUT2D eigenvalue weighted by atomic mass is 16.5. The van der Waals surface area contributed by atoms with Crippen LogP contribution in [0.25, 0.3) is 0 Å². The number of amides is 1. The number of benzene rings is 2. The van der Waals surface area contributed by atoms with Gasteiger partial charge in [-0.05, 0) is 37.1 Å². The molecular formula is C23H23N5O2. The zero-order valence-electron chi connectivity index (χ0n) is 16.9. The molecule has 0 saturated heterocycles. The predicted molar refractivity (Wildman–Crippen MR) is 114 cm³/mol. The first kappa shape index (κ1) is 19.4. The monoisotopic (exact) mass is 401 g/mol. The molecule has 0 fully saturated rings. The molecule has 4 aromatic rings. The molecule has 4 rings (SSSR count). The van der Waals surface area contributed by atoms with E-state index < -0.39 is 0 Å². The zero-order valence-corrected chi connectivity index (χ0v) is 16.9. The summed E-state index contributed by atoms with van der Waals surface area (Å²) in [5.41, 5.74) is 4.34. The normalized spacial score (nSPS) is 10.7. The summed E-state index contributed by atoms with van der Waals surface area (Å²) in [6, 6.07) is 17.7. The van der Waals surface area contributed by atoms with E-state index in [2.05, 4.69) is 40.6 Å². The van der Waals surface area contributed by atoms with Gasteiger partial charge >= 0.3 is 0 Å². The molecule has 0 saturated carbocycles. The van der Waals surface area contributed by atoms with Gasteiger partial charge in [-0.2, -0.15) is 10.2 Å². The molecule has 0 spiro atoms. The van der Waals surface area contributed by atoms with E-state index in [-0.39, 0.29) is 12.6 Å². The second-order valence-corrected chi connectivity index (χ2v) is 7.15. The van der Waals surface area contributed by atoms with Crippen LogP contribution in [0.1, 0.15) is 27.2 Å². The number of nitrogens with one attached hydrogen (secondary N) is 1. The Hall–Kier alpha value is -3.87. The minimum Gasteiger partial charge on any atom is -0.471 e. The number of carbonyl (C=O) groups excluding carboxylic acids is 1. The van der Waals surface area contributed by atoms with Crippen LogP contribution in [0.2, 0.25) is 0 Å². The van der Waals surface area contributed by atoms with Crippen molar-refractivity contribution in [1.82, 2.24) is 19.6 Å². The minimum atomic E-state index is -0.292. The van der Waals surface area contributed by atoms with E-state index >= 15 is 0 Å². The van der Waals surface area contributed by atoms with Crippen molar-refractivity contribution in [2.75, 3.05) is 5.32 Å². The van der Waals surface area contributed by atoms with Crippen LogP contribution in [-0.4, -0.2) is 25.5 Å². The molecule has 0 aliphatic heterocycles. The standard InChI is InChI=1S/C23H23N5O2/c1-17-6-5-8-19(12-17)14-28-15-20(13-24-28)25-23(29)21-10-11-27(26-21)16-30-22-9-4-3-7-18(22)2/h3-13,15H,14,16H2,1-2H3,(H,25,29). The number of anilines is 1. The van der Waals surface area contributed by atoms with Crippen LogP contribution >= 0.6 is 0 Å². The van der Waals surface area contributed by atoms with E-state index in [0.717, 1.165) is 16.9 Å². The number of nitrogens with zero attached hydrogens (tertiary/aromatic N) is 4. The molecule has 2 aromatic heterocycles. The topological polar surface area (TPSA) is 74.0 Å². The summed E-state index contributed by atoms with van der Waals surface area (Å²) >= 11 is 0. The van der Waals surface area contributed by atoms with Crippen LogP contribution in [0.4, 0.5) is 5.69 Å². The lowest BCUT2D eigenvalue weighted by atomic mass is 10.1.